The average molecular weight is 266 g/mol. The molecule has 0 bridgehead atoms. The predicted octanol–water partition coefficient (Wildman–Crippen LogP) is 1.62. The molecule has 0 saturated carbocycles. The number of para-hydroxylation sites is 1. The molecule has 19 heavy (non-hydrogen) atoms. The van der Waals surface area contributed by atoms with Crippen LogP contribution < -0.4 is 5.32 Å². The monoisotopic (exact) mass is 266 g/mol. The van der Waals surface area contributed by atoms with Crippen LogP contribution >= 0.6 is 0 Å². The van der Waals surface area contributed by atoms with Crippen LogP contribution in [0, 0.1) is 16.0 Å². The van der Waals surface area contributed by atoms with Gasteiger partial charge in [-0.2, -0.15) is 0 Å². The Hall–Kier alpha value is -1.95. The number of hydrogen-bond donors (Lipinski definition) is 2. The number of rotatable bonds is 6. The number of carbonyl (C=O) groups excluding carboxylic acids is 1. The van der Waals surface area contributed by atoms with Crippen molar-refractivity contribution in [3.8, 4) is 0 Å². The highest BCUT2D eigenvalue weighted by molar-refractivity contribution is 5.76. The average Bonchev–Trinajstić information content (AvgIpc) is 2.36. The Bertz CT molecular complexity index is 460. The highest BCUT2D eigenvalue weighted by atomic mass is 16.6. The topological polar surface area (TPSA) is 92.5 Å². The number of hydrogen-bond acceptors (Lipinski definition) is 4. The minimum absolute atomic E-state index is 0.00169. The molecule has 2 N–H and O–H groups in total. The first-order valence-corrected chi connectivity index (χ1v) is 6.09. The van der Waals surface area contributed by atoms with Crippen molar-refractivity contribution in [2.75, 3.05) is 0 Å². The number of carbonyl (C=O) groups is 1. The Balaban J connectivity index is 2.58. The summed E-state index contributed by atoms with van der Waals surface area (Å²) in [6, 6.07) is 6.24. The lowest BCUT2D eigenvalue weighted by atomic mass is 10.0. The third kappa shape index (κ3) is 4.67. The predicted molar refractivity (Wildman–Crippen MR) is 70.4 cm³/mol. The molecule has 1 aromatic carbocycles. The van der Waals surface area contributed by atoms with Gasteiger partial charge in [0.25, 0.3) is 5.69 Å². The van der Waals surface area contributed by atoms with Crippen molar-refractivity contribution in [2.24, 2.45) is 5.92 Å². The number of nitro groups is 1. The second-order valence-corrected chi connectivity index (χ2v) is 4.68. The number of nitrogens with zero attached hydrogens (tertiary/aromatic N) is 1. The summed E-state index contributed by atoms with van der Waals surface area (Å²) < 4.78 is 0. The molecule has 0 radical (unpaired) electrons. The van der Waals surface area contributed by atoms with Crippen molar-refractivity contribution in [3.63, 3.8) is 0 Å². The number of benzene rings is 1. The van der Waals surface area contributed by atoms with Crippen molar-refractivity contribution < 1.29 is 14.8 Å². The van der Waals surface area contributed by atoms with Gasteiger partial charge in [-0.15, -0.1) is 0 Å². The molecule has 0 aliphatic rings. The van der Waals surface area contributed by atoms with Crippen molar-refractivity contribution >= 4 is 11.6 Å². The lowest BCUT2D eigenvalue weighted by Gasteiger charge is -2.13. The van der Waals surface area contributed by atoms with Crippen LogP contribution in [0.1, 0.15) is 25.8 Å². The van der Waals surface area contributed by atoms with E-state index in [0.29, 0.717) is 5.56 Å². The molecule has 0 heterocycles. The van der Waals surface area contributed by atoms with E-state index in [9.17, 15) is 20.0 Å². The van der Waals surface area contributed by atoms with Gasteiger partial charge in [0.1, 0.15) is 0 Å². The summed E-state index contributed by atoms with van der Waals surface area (Å²) in [7, 11) is 0. The zero-order chi connectivity index (χ0) is 14.4. The number of aliphatic hydroxyl groups excluding tert-OH is 1. The van der Waals surface area contributed by atoms with E-state index < -0.39 is 11.0 Å². The standard InChI is InChI=1S/C13H18N2O4/c1-9(2)12(16)7-13(17)14-8-10-5-3-4-6-11(10)15(18)19/h3-6,9,12,16H,7-8H2,1-2H3,(H,14,17). The Labute approximate surface area is 111 Å². The van der Waals surface area contributed by atoms with E-state index in [0.717, 1.165) is 0 Å². The first-order valence-electron chi connectivity index (χ1n) is 6.09. The second-order valence-electron chi connectivity index (χ2n) is 4.68. The maximum atomic E-state index is 11.6. The Morgan fingerprint density at radius 2 is 2.05 bits per heavy atom. The van der Waals surface area contributed by atoms with Crippen LogP contribution in [0.5, 0.6) is 0 Å². The van der Waals surface area contributed by atoms with Gasteiger partial charge in [0.05, 0.1) is 17.4 Å². The summed E-state index contributed by atoms with van der Waals surface area (Å²) in [6.07, 6.45) is -0.705. The van der Waals surface area contributed by atoms with Gasteiger partial charge in [-0.05, 0) is 5.92 Å². The molecular weight excluding hydrogens is 248 g/mol. The number of amides is 1. The van der Waals surface area contributed by atoms with Crippen molar-refractivity contribution in [3.05, 3.63) is 39.9 Å². The maximum Gasteiger partial charge on any atom is 0.274 e. The molecule has 0 aliphatic heterocycles. The van der Waals surface area contributed by atoms with Crippen molar-refractivity contribution in [2.45, 2.75) is 32.9 Å². The van der Waals surface area contributed by atoms with Gasteiger partial charge in [-0.3, -0.25) is 14.9 Å². The fourth-order valence-electron chi connectivity index (χ4n) is 1.53. The van der Waals surface area contributed by atoms with Crippen molar-refractivity contribution in [1.82, 2.24) is 5.32 Å². The first kappa shape index (κ1) is 15.1. The number of nitro benzene ring substituents is 1. The summed E-state index contributed by atoms with van der Waals surface area (Å²) in [5, 5.41) is 22.9. The van der Waals surface area contributed by atoms with Crippen LogP contribution in [0.3, 0.4) is 0 Å². The zero-order valence-electron chi connectivity index (χ0n) is 11.0. The maximum absolute atomic E-state index is 11.6. The van der Waals surface area contributed by atoms with E-state index in [1.165, 1.54) is 6.07 Å². The van der Waals surface area contributed by atoms with Gasteiger partial charge in [0.15, 0.2) is 0 Å². The van der Waals surface area contributed by atoms with Crippen LogP contribution in [-0.4, -0.2) is 22.0 Å². The normalized spacial score (nSPS) is 12.2. The molecular formula is C13H18N2O4. The molecule has 1 aromatic rings. The summed E-state index contributed by atoms with van der Waals surface area (Å²) in [6.45, 7) is 3.72. The fraction of sp³-hybridized carbons (Fsp3) is 0.462. The fourth-order valence-corrected chi connectivity index (χ4v) is 1.53. The third-order valence-electron chi connectivity index (χ3n) is 2.83. The molecule has 0 spiro atoms. The molecule has 1 amide bonds. The summed E-state index contributed by atoms with van der Waals surface area (Å²) in [4.78, 5) is 21.9. The summed E-state index contributed by atoms with van der Waals surface area (Å²) in [5.41, 5.74) is 0.423. The second kappa shape index (κ2) is 6.84. The molecule has 1 atom stereocenters. The van der Waals surface area contributed by atoms with Crippen LogP contribution in [0.4, 0.5) is 5.69 Å². The Morgan fingerprint density at radius 1 is 1.42 bits per heavy atom. The first-order chi connectivity index (χ1) is 8.91. The summed E-state index contributed by atoms with van der Waals surface area (Å²) >= 11 is 0. The lowest BCUT2D eigenvalue weighted by Crippen LogP contribution is -2.29. The quantitative estimate of drug-likeness (QED) is 0.604. The van der Waals surface area contributed by atoms with Crippen LogP contribution in [0.2, 0.25) is 0 Å². The zero-order valence-corrected chi connectivity index (χ0v) is 11.0. The highest BCUT2D eigenvalue weighted by Crippen LogP contribution is 2.17. The van der Waals surface area contributed by atoms with E-state index in [2.05, 4.69) is 5.32 Å². The molecule has 6 heteroatoms. The van der Waals surface area contributed by atoms with E-state index in [1.54, 1.807) is 18.2 Å². The molecule has 6 nitrogen and oxygen atoms in total. The SMILES string of the molecule is CC(C)C(O)CC(=O)NCc1ccccc1[N+](=O)[O-]. The van der Waals surface area contributed by atoms with E-state index in [-0.39, 0.29) is 30.5 Å². The molecule has 0 saturated heterocycles. The molecule has 1 unspecified atom stereocenters. The van der Waals surface area contributed by atoms with Gasteiger partial charge in [-0.25, -0.2) is 0 Å². The van der Waals surface area contributed by atoms with Gasteiger partial charge in [0.2, 0.25) is 5.91 Å². The molecule has 104 valence electrons. The minimum Gasteiger partial charge on any atom is -0.392 e. The van der Waals surface area contributed by atoms with E-state index in [1.807, 2.05) is 13.8 Å². The molecule has 1 rings (SSSR count). The van der Waals surface area contributed by atoms with Crippen molar-refractivity contribution in [1.29, 1.82) is 0 Å². The summed E-state index contributed by atoms with van der Waals surface area (Å²) in [5.74, 6) is -0.323. The van der Waals surface area contributed by atoms with Crippen LogP contribution in [0.15, 0.2) is 24.3 Å². The number of nitrogens with one attached hydrogen (secondary N) is 1. The van der Waals surface area contributed by atoms with Crippen LogP contribution in [-0.2, 0) is 11.3 Å². The van der Waals surface area contributed by atoms with Gasteiger partial charge in [0, 0.05) is 18.2 Å². The Morgan fingerprint density at radius 3 is 2.63 bits per heavy atom. The van der Waals surface area contributed by atoms with E-state index >= 15 is 0 Å². The number of aliphatic hydroxyl groups is 1. The Kier molecular flexibility index (Phi) is 5.44. The van der Waals surface area contributed by atoms with Gasteiger partial charge in [-0.1, -0.05) is 32.0 Å². The van der Waals surface area contributed by atoms with E-state index in [4.69, 9.17) is 0 Å². The highest BCUT2D eigenvalue weighted by Gasteiger charge is 2.16. The molecule has 0 aromatic heterocycles. The third-order valence-corrected chi connectivity index (χ3v) is 2.83. The van der Waals surface area contributed by atoms with Crippen LogP contribution in [0.25, 0.3) is 0 Å². The largest absolute Gasteiger partial charge is 0.392 e. The van der Waals surface area contributed by atoms with Gasteiger partial charge >= 0.3 is 0 Å². The lowest BCUT2D eigenvalue weighted by molar-refractivity contribution is -0.385. The molecule has 0 fully saturated rings. The molecule has 0 aliphatic carbocycles. The van der Waals surface area contributed by atoms with Gasteiger partial charge < -0.3 is 10.4 Å². The minimum atomic E-state index is -0.703. The smallest absolute Gasteiger partial charge is 0.274 e.